The van der Waals surface area contributed by atoms with Crippen LogP contribution < -0.4 is 10.6 Å². The fourth-order valence-corrected chi connectivity index (χ4v) is 3.39. The van der Waals surface area contributed by atoms with Crippen molar-refractivity contribution in [2.75, 3.05) is 24.5 Å². The zero-order valence-corrected chi connectivity index (χ0v) is 14.8. The number of anilines is 1. The first-order valence-electron chi connectivity index (χ1n) is 8.37. The van der Waals surface area contributed by atoms with Gasteiger partial charge < -0.3 is 10.6 Å². The molecular formula is C17H20ClN7. The Kier molecular flexibility index (Phi) is 4.05. The quantitative estimate of drug-likeness (QED) is 0.699. The Morgan fingerprint density at radius 1 is 1.32 bits per heavy atom. The molecule has 4 heterocycles. The van der Waals surface area contributed by atoms with Crippen LogP contribution in [-0.2, 0) is 0 Å². The SMILES string of the molecule is CC1(CN)CCN(c2cnc3c(-c4cccnc4Cl)[nH]nc3n2)CC1. The average molecular weight is 358 g/mol. The maximum atomic E-state index is 6.18. The Balaban J connectivity index is 1.64. The lowest BCUT2D eigenvalue weighted by atomic mass is 9.80. The van der Waals surface area contributed by atoms with E-state index in [2.05, 4.69) is 37.0 Å². The summed E-state index contributed by atoms with van der Waals surface area (Å²) in [6, 6.07) is 3.72. The minimum Gasteiger partial charge on any atom is -0.355 e. The summed E-state index contributed by atoms with van der Waals surface area (Å²) in [5, 5.41) is 7.71. The number of aromatic amines is 1. The minimum absolute atomic E-state index is 0.227. The number of aromatic nitrogens is 5. The lowest BCUT2D eigenvalue weighted by molar-refractivity contribution is 0.258. The molecule has 25 heavy (non-hydrogen) atoms. The molecule has 0 bridgehead atoms. The van der Waals surface area contributed by atoms with Gasteiger partial charge in [-0.3, -0.25) is 5.10 Å². The van der Waals surface area contributed by atoms with E-state index in [1.54, 1.807) is 12.4 Å². The fraction of sp³-hybridized carbons (Fsp3) is 0.412. The van der Waals surface area contributed by atoms with Gasteiger partial charge in [0, 0.05) is 24.8 Å². The minimum atomic E-state index is 0.227. The molecule has 3 N–H and O–H groups in total. The van der Waals surface area contributed by atoms with Crippen LogP contribution in [0.25, 0.3) is 22.4 Å². The molecule has 4 rings (SSSR count). The first kappa shape index (κ1) is 16.2. The molecule has 7 nitrogen and oxygen atoms in total. The Labute approximate surface area is 150 Å². The molecule has 0 aromatic carbocycles. The number of halogens is 1. The van der Waals surface area contributed by atoms with E-state index in [0.29, 0.717) is 16.3 Å². The van der Waals surface area contributed by atoms with Crippen LogP contribution >= 0.6 is 11.6 Å². The van der Waals surface area contributed by atoms with E-state index in [4.69, 9.17) is 17.3 Å². The van der Waals surface area contributed by atoms with Gasteiger partial charge >= 0.3 is 0 Å². The van der Waals surface area contributed by atoms with Gasteiger partial charge in [0.15, 0.2) is 0 Å². The van der Waals surface area contributed by atoms with Gasteiger partial charge in [-0.25, -0.2) is 15.0 Å². The highest BCUT2D eigenvalue weighted by molar-refractivity contribution is 6.32. The number of nitrogens with zero attached hydrogens (tertiary/aromatic N) is 5. The monoisotopic (exact) mass is 357 g/mol. The maximum Gasteiger partial charge on any atom is 0.202 e. The number of hydrogen-bond donors (Lipinski definition) is 2. The predicted molar refractivity (Wildman–Crippen MR) is 98.5 cm³/mol. The van der Waals surface area contributed by atoms with Crippen molar-refractivity contribution in [1.82, 2.24) is 25.1 Å². The van der Waals surface area contributed by atoms with E-state index in [0.717, 1.165) is 49.6 Å². The van der Waals surface area contributed by atoms with E-state index in [-0.39, 0.29) is 5.41 Å². The molecule has 130 valence electrons. The van der Waals surface area contributed by atoms with E-state index in [1.165, 1.54) is 0 Å². The second-order valence-electron chi connectivity index (χ2n) is 6.84. The fourth-order valence-electron chi connectivity index (χ4n) is 3.18. The standard InChI is InChI=1S/C17H20ClN7/c1-17(10-19)4-7-25(8-5-17)12-9-21-14-13(23-24-16(14)22-12)11-3-2-6-20-15(11)18/h2-3,6,9H,4-5,7-8,10,19H2,1H3,(H,22,23,24). The van der Waals surface area contributed by atoms with Gasteiger partial charge in [-0.05, 0) is 36.9 Å². The highest BCUT2D eigenvalue weighted by Gasteiger charge is 2.29. The number of hydrogen-bond acceptors (Lipinski definition) is 6. The third kappa shape index (κ3) is 2.94. The van der Waals surface area contributed by atoms with Crippen molar-refractivity contribution in [3.05, 3.63) is 29.7 Å². The van der Waals surface area contributed by atoms with Gasteiger partial charge in [0.05, 0.1) is 11.9 Å². The highest BCUT2D eigenvalue weighted by Crippen LogP contribution is 2.33. The summed E-state index contributed by atoms with van der Waals surface area (Å²) in [7, 11) is 0. The van der Waals surface area contributed by atoms with Crippen molar-refractivity contribution >= 4 is 28.6 Å². The predicted octanol–water partition coefficient (Wildman–Crippen LogP) is 2.63. The van der Waals surface area contributed by atoms with Crippen LogP contribution in [0.5, 0.6) is 0 Å². The molecule has 1 fully saturated rings. The maximum absolute atomic E-state index is 6.18. The molecule has 0 radical (unpaired) electrons. The van der Waals surface area contributed by atoms with E-state index in [9.17, 15) is 0 Å². The van der Waals surface area contributed by atoms with Crippen molar-refractivity contribution in [3.8, 4) is 11.3 Å². The van der Waals surface area contributed by atoms with Crippen LogP contribution in [0.1, 0.15) is 19.8 Å². The normalized spacial score (nSPS) is 17.2. The third-order valence-electron chi connectivity index (χ3n) is 5.07. The van der Waals surface area contributed by atoms with Crippen molar-refractivity contribution in [2.24, 2.45) is 11.1 Å². The molecule has 0 atom stereocenters. The largest absolute Gasteiger partial charge is 0.355 e. The van der Waals surface area contributed by atoms with Crippen LogP contribution in [0, 0.1) is 5.41 Å². The summed E-state index contributed by atoms with van der Waals surface area (Å²) in [6.45, 7) is 4.83. The van der Waals surface area contributed by atoms with E-state index >= 15 is 0 Å². The average Bonchev–Trinajstić information content (AvgIpc) is 3.06. The van der Waals surface area contributed by atoms with Crippen LogP contribution in [0.4, 0.5) is 5.82 Å². The number of pyridine rings is 1. The topological polar surface area (TPSA) is 96.6 Å². The number of piperidine rings is 1. The summed E-state index contributed by atoms with van der Waals surface area (Å²) in [6.07, 6.45) is 5.57. The molecule has 3 aromatic rings. The highest BCUT2D eigenvalue weighted by atomic mass is 35.5. The van der Waals surface area contributed by atoms with E-state index in [1.807, 2.05) is 12.1 Å². The van der Waals surface area contributed by atoms with Crippen LogP contribution in [0.3, 0.4) is 0 Å². The molecule has 0 aliphatic carbocycles. The zero-order valence-electron chi connectivity index (χ0n) is 14.0. The summed E-state index contributed by atoms with van der Waals surface area (Å²) < 4.78 is 0. The second-order valence-corrected chi connectivity index (χ2v) is 7.20. The van der Waals surface area contributed by atoms with Crippen molar-refractivity contribution in [1.29, 1.82) is 0 Å². The molecule has 1 aliphatic heterocycles. The number of rotatable bonds is 3. The first-order chi connectivity index (χ1) is 12.1. The number of fused-ring (bicyclic) bond motifs is 1. The van der Waals surface area contributed by atoms with Gasteiger partial charge in [0.25, 0.3) is 0 Å². The zero-order chi connectivity index (χ0) is 17.4. The Morgan fingerprint density at radius 2 is 2.12 bits per heavy atom. The molecule has 0 unspecified atom stereocenters. The Morgan fingerprint density at radius 3 is 2.84 bits per heavy atom. The summed E-state index contributed by atoms with van der Waals surface area (Å²) in [4.78, 5) is 15.6. The smallest absolute Gasteiger partial charge is 0.202 e. The van der Waals surface area contributed by atoms with Gasteiger partial charge in [-0.2, -0.15) is 5.10 Å². The van der Waals surface area contributed by atoms with Crippen LogP contribution in [0.15, 0.2) is 24.5 Å². The van der Waals surface area contributed by atoms with Crippen molar-refractivity contribution < 1.29 is 0 Å². The number of H-pyrrole nitrogens is 1. The lowest BCUT2D eigenvalue weighted by Crippen LogP contribution is -2.42. The molecular weight excluding hydrogens is 338 g/mol. The van der Waals surface area contributed by atoms with E-state index < -0.39 is 0 Å². The molecule has 0 spiro atoms. The van der Waals surface area contributed by atoms with Crippen LogP contribution in [0.2, 0.25) is 5.15 Å². The molecule has 1 saturated heterocycles. The van der Waals surface area contributed by atoms with Crippen LogP contribution in [-0.4, -0.2) is 44.8 Å². The number of nitrogens with two attached hydrogens (primary N) is 1. The third-order valence-corrected chi connectivity index (χ3v) is 5.37. The van der Waals surface area contributed by atoms with Crippen molar-refractivity contribution in [2.45, 2.75) is 19.8 Å². The Bertz CT molecular complexity index is 899. The summed E-state index contributed by atoms with van der Waals surface area (Å²) >= 11 is 6.18. The van der Waals surface area contributed by atoms with Gasteiger partial charge in [-0.15, -0.1) is 0 Å². The van der Waals surface area contributed by atoms with Gasteiger partial charge in [0.1, 0.15) is 16.5 Å². The molecule has 0 saturated carbocycles. The van der Waals surface area contributed by atoms with Gasteiger partial charge in [-0.1, -0.05) is 18.5 Å². The number of nitrogens with one attached hydrogen (secondary N) is 1. The lowest BCUT2D eigenvalue weighted by Gasteiger charge is -2.39. The van der Waals surface area contributed by atoms with Crippen molar-refractivity contribution in [3.63, 3.8) is 0 Å². The first-order valence-corrected chi connectivity index (χ1v) is 8.74. The second kappa shape index (κ2) is 6.24. The summed E-state index contributed by atoms with van der Waals surface area (Å²) in [5.74, 6) is 0.849. The Hall–Kier alpha value is -2.25. The molecule has 0 amide bonds. The van der Waals surface area contributed by atoms with Gasteiger partial charge in [0.2, 0.25) is 5.65 Å². The summed E-state index contributed by atoms with van der Waals surface area (Å²) in [5.41, 5.74) is 8.90. The molecule has 3 aromatic heterocycles. The molecule has 1 aliphatic rings. The molecule has 8 heteroatoms.